The second-order valence-electron chi connectivity index (χ2n) is 5.81. The maximum Gasteiger partial charge on any atom is 0.329 e. The first-order chi connectivity index (χ1) is 10.9. The van der Waals surface area contributed by atoms with Crippen molar-refractivity contribution in [3.05, 3.63) is 41.0 Å². The molecular weight excluding hydrogens is 318 g/mol. The zero-order valence-electron chi connectivity index (χ0n) is 12.5. The van der Waals surface area contributed by atoms with Gasteiger partial charge < -0.3 is 10.0 Å². The monoisotopic (exact) mass is 333 g/mol. The van der Waals surface area contributed by atoms with Crippen LogP contribution in [0.5, 0.6) is 0 Å². The molecule has 1 saturated heterocycles. The summed E-state index contributed by atoms with van der Waals surface area (Å²) in [6.45, 7) is 2.01. The third-order valence-electron chi connectivity index (χ3n) is 4.30. The van der Waals surface area contributed by atoms with E-state index in [1.165, 1.54) is 4.90 Å². The van der Waals surface area contributed by atoms with Gasteiger partial charge in [-0.25, -0.2) is 4.79 Å². The predicted molar refractivity (Wildman–Crippen MR) is 85.3 cm³/mol. The van der Waals surface area contributed by atoms with Crippen molar-refractivity contribution in [3.8, 4) is 11.3 Å². The highest BCUT2D eigenvalue weighted by Gasteiger charge is 2.46. The summed E-state index contributed by atoms with van der Waals surface area (Å²) >= 11 is 5.86. The maximum absolute atomic E-state index is 12.6. The van der Waals surface area contributed by atoms with Crippen molar-refractivity contribution in [2.75, 3.05) is 6.54 Å². The van der Waals surface area contributed by atoms with Gasteiger partial charge in [-0.2, -0.15) is 5.10 Å². The van der Waals surface area contributed by atoms with Crippen LogP contribution in [0.2, 0.25) is 5.02 Å². The summed E-state index contributed by atoms with van der Waals surface area (Å²) in [5.74, 6) is -1.33. The molecule has 1 unspecified atom stereocenters. The molecule has 0 bridgehead atoms. The number of hydrogen-bond donors (Lipinski definition) is 2. The number of carboxylic acids is 1. The van der Waals surface area contributed by atoms with Gasteiger partial charge in [0.15, 0.2) is 0 Å². The average Bonchev–Trinajstić information content (AvgIpc) is 3.15. The standard InChI is InChI=1S/C16H16ClN3O3/c1-16(15(22)23)7-2-8-20(16)14(21)13-9-12(18-19-13)10-3-5-11(17)6-4-10/h3-6,9H,2,7-8H2,1H3,(H,18,19)(H,22,23). The molecule has 2 heterocycles. The Morgan fingerprint density at radius 3 is 2.70 bits per heavy atom. The quantitative estimate of drug-likeness (QED) is 0.904. The Bertz CT molecular complexity index is 756. The largest absolute Gasteiger partial charge is 0.480 e. The van der Waals surface area contributed by atoms with Crippen molar-refractivity contribution in [2.24, 2.45) is 0 Å². The lowest BCUT2D eigenvalue weighted by Gasteiger charge is -2.30. The minimum absolute atomic E-state index is 0.282. The molecule has 1 aromatic heterocycles. The molecule has 1 atom stereocenters. The number of H-pyrrole nitrogens is 1. The molecule has 0 radical (unpaired) electrons. The second-order valence-corrected chi connectivity index (χ2v) is 6.25. The van der Waals surface area contributed by atoms with E-state index in [1.54, 1.807) is 25.1 Å². The fraction of sp³-hybridized carbons (Fsp3) is 0.312. The van der Waals surface area contributed by atoms with Gasteiger partial charge in [-0.3, -0.25) is 9.89 Å². The number of carboxylic acid groups (broad SMARTS) is 1. The summed E-state index contributed by atoms with van der Waals surface area (Å²) in [6.07, 6.45) is 1.12. The Labute approximate surface area is 138 Å². The summed E-state index contributed by atoms with van der Waals surface area (Å²) in [4.78, 5) is 25.5. The molecule has 3 rings (SSSR count). The molecule has 0 saturated carbocycles. The van der Waals surface area contributed by atoms with Crippen LogP contribution in [-0.2, 0) is 4.79 Å². The van der Waals surface area contributed by atoms with Crippen molar-refractivity contribution >= 4 is 23.5 Å². The van der Waals surface area contributed by atoms with E-state index in [0.29, 0.717) is 30.1 Å². The van der Waals surface area contributed by atoms with Crippen LogP contribution in [0.4, 0.5) is 0 Å². The molecule has 2 N–H and O–H groups in total. The van der Waals surface area contributed by atoms with Crippen molar-refractivity contribution < 1.29 is 14.7 Å². The van der Waals surface area contributed by atoms with E-state index in [4.69, 9.17) is 11.6 Å². The molecule has 1 aliphatic rings. The van der Waals surface area contributed by atoms with E-state index in [2.05, 4.69) is 10.2 Å². The second kappa shape index (κ2) is 5.70. The number of aromatic amines is 1. The third-order valence-corrected chi connectivity index (χ3v) is 4.55. The lowest BCUT2D eigenvalue weighted by atomic mass is 9.99. The highest BCUT2D eigenvalue weighted by molar-refractivity contribution is 6.30. The smallest absolute Gasteiger partial charge is 0.329 e. The number of likely N-dealkylation sites (tertiary alicyclic amines) is 1. The highest BCUT2D eigenvalue weighted by atomic mass is 35.5. The van der Waals surface area contributed by atoms with Gasteiger partial charge in [0.25, 0.3) is 5.91 Å². The third kappa shape index (κ3) is 2.70. The van der Waals surface area contributed by atoms with Crippen molar-refractivity contribution in [2.45, 2.75) is 25.3 Å². The van der Waals surface area contributed by atoms with Crippen LogP contribution in [0.3, 0.4) is 0 Å². The van der Waals surface area contributed by atoms with Gasteiger partial charge in [0.2, 0.25) is 0 Å². The Kier molecular flexibility index (Phi) is 3.85. The van der Waals surface area contributed by atoms with Gasteiger partial charge in [-0.1, -0.05) is 23.7 Å². The number of aliphatic carboxylic acids is 1. The molecule has 120 valence electrons. The number of nitrogens with zero attached hydrogens (tertiary/aromatic N) is 2. The predicted octanol–water partition coefficient (Wildman–Crippen LogP) is 2.81. The van der Waals surface area contributed by atoms with Crippen LogP contribution in [0, 0.1) is 0 Å². The molecule has 1 aliphatic heterocycles. The van der Waals surface area contributed by atoms with Crippen LogP contribution in [0.1, 0.15) is 30.3 Å². The topological polar surface area (TPSA) is 86.3 Å². The molecule has 2 aromatic rings. The molecule has 6 nitrogen and oxygen atoms in total. The number of hydrogen-bond acceptors (Lipinski definition) is 3. The van der Waals surface area contributed by atoms with Gasteiger partial charge in [-0.15, -0.1) is 0 Å². The van der Waals surface area contributed by atoms with Crippen LogP contribution in [-0.4, -0.2) is 44.2 Å². The average molecular weight is 334 g/mol. The Morgan fingerprint density at radius 2 is 2.04 bits per heavy atom. The molecule has 0 aliphatic carbocycles. The first-order valence-corrected chi connectivity index (χ1v) is 7.66. The van der Waals surface area contributed by atoms with Crippen LogP contribution in [0.25, 0.3) is 11.3 Å². The Morgan fingerprint density at radius 1 is 1.35 bits per heavy atom. The lowest BCUT2D eigenvalue weighted by molar-refractivity contribution is -0.147. The van der Waals surface area contributed by atoms with Crippen molar-refractivity contribution in [3.63, 3.8) is 0 Å². The number of carbonyl (C=O) groups excluding carboxylic acids is 1. The molecular formula is C16H16ClN3O3. The zero-order chi connectivity index (χ0) is 16.6. The highest BCUT2D eigenvalue weighted by Crippen LogP contribution is 2.31. The van der Waals surface area contributed by atoms with Gasteiger partial charge in [0.05, 0.1) is 5.69 Å². The minimum Gasteiger partial charge on any atom is -0.480 e. The van der Waals surface area contributed by atoms with E-state index in [1.807, 2.05) is 12.1 Å². The van der Waals surface area contributed by atoms with E-state index < -0.39 is 11.5 Å². The fourth-order valence-corrected chi connectivity index (χ4v) is 2.98. The summed E-state index contributed by atoms with van der Waals surface area (Å²) in [7, 11) is 0. The van der Waals surface area contributed by atoms with Gasteiger partial charge in [-0.05, 0) is 38.0 Å². The summed E-state index contributed by atoms with van der Waals surface area (Å²) in [5, 5.41) is 16.9. The molecule has 23 heavy (non-hydrogen) atoms. The number of halogens is 1. The molecule has 1 amide bonds. The van der Waals surface area contributed by atoms with Crippen LogP contribution >= 0.6 is 11.6 Å². The lowest BCUT2D eigenvalue weighted by Crippen LogP contribution is -2.50. The van der Waals surface area contributed by atoms with Crippen LogP contribution in [0.15, 0.2) is 30.3 Å². The normalized spacial score (nSPS) is 20.7. The number of benzene rings is 1. The molecule has 7 heteroatoms. The van der Waals surface area contributed by atoms with E-state index >= 15 is 0 Å². The number of carbonyl (C=O) groups is 2. The fourth-order valence-electron chi connectivity index (χ4n) is 2.86. The summed E-state index contributed by atoms with van der Waals surface area (Å²) < 4.78 is 0. The number of aromatic nitrogens is 2. The zero-order valence-corrected chi connectivity index (χ0v) is 13.3. The van der Waals surface area contributed by atoms with Crippen molar-refractivity contribution in [1.29, 1.82) is 0 Å². The number of rotatable bonds is 3. The first kappa shape index (κ1) is 15.6. The van der Waals surface area contributed by atoms with Crippen LogP contribution < -0.4 is 0 Å². The SMILES string of the molecule is CC1(C(=O)O)CCCN1C(=O)c1cc(-c2ccc(Cl)cc2)n[nH]1. The first-order valence-electron chi connectivity index (χ1n) is 7.28. The number of amides is 1. The Hall–Kier alpha value is -2.34. The van der Waals surface area contributed by atoms with Crippen molar-refractivity contribution in [1.82, 2.24) is 15.1 Å². The molecule has 1 aromatic carbocycles. The Balaban J connectivity index is 1.87. The molecule has 0 spiro atoms. The van der Waals surface area contributed by atoms with Gasteiger partial charge in [0.1, 0.15) is 11.2 Å². The summed E-state index contributed by atoms with van der Waals surface area (Å²) in [5.41, 5.74) is 0.556. The van der Waals surface area contributed by atoms with E-state index in [9.17, 15) is 14.7 Å². The van der Waals surface area contributed by atoms with Gasteiger partial charge in [0, 0.05) is 17.1 Å². The van der Waals surface area contributed by atoms with E-state index in [0.717, 1.165) is 5.56 Å². The number of nitrogens with one attached hydrogen (secondary N) is 1. The summed E-state index contributed by atoms with van der Waals surface area (Å²) in [6, 6.07) is 8.74. The maximum atomic E-state index is 12.6. The van der Waals surface area contributed by atoms with Gasteiger partial charge >= 0.3 is 5.97 Å². The minimum atomic E-state index is -1.16. The van der Waals surface area contributed by atoms with E-state index in [-0.39, 0.29) is 11.6 Å². The molecule has 1 fully saturated rings.